The van der Waals surface area contributed by atoms with E-state index in [-0.39, 0.29) is 12.1 Å². The standard InChI is InChI=1S/C26H28ClN7OS/c27-22-15-29-25-23(33-22)19(14-28-25)24-30-18(13-20(32-24)21-7-4-10-36-21)12-16-5-3-6-17(11-16)31-26(35)34-8-1-2-9-34/h4,7,10,13-17H,1-3,5-6,8-9,11-12H2,(H,28,29)(H,31,35). The van der Waals surface area contributed by atoms with Crippen LogP contribution in [0.1, 0.15) is 44.2 Å². The molecular formula is C26H28ClN7OS. The van der Waals surface area contributed by atoms with E-state index < -0.39 is 0 Å². The molecule has 2 N–H and O–H groups in total. The molecule has 1 aliphatic carbocycles. The molecule has 4 aromatic heterocycles. The van der Waals surface area contributed by atoms with Crippen LogP contribution in [-0.2, 0) is 6.42 Å². The van der Waals surface area contributed by atoms with Crippen LogP contribution in [0, 0.1) is 5.92 Å². The smallest absolute Gasteiger partial charge is 0.317 e. The van der Waals surface area contributed by atoms with Crippen molar-refractivity contribution in [2.75, 3.05) is 13.1 Å². The maximum atomic E-state index is 12.6. The summed E-state index contributed by atoms with van der Waals surface area (Å²) in [6.45, 7) is 1.75. The Morgan fingerprint density at radius 2 is 2.08 bits per heavy atom. The normalized spacial score (nSPS) is 20.2. The molecule has 4 aromatic rings. The Hall–Kier alpha value is -3.04. The molecule has 1 saturated heterocycles. The third-order valence-electron chi connectivity index (χ3n) is 7.15. The number of likely N-dealkylation sites (tertiary alicyclic amines) is 1. The SMILES string of the molecule is O=C(NC1CCCC(Cc2cc(-c3cccs3)nc(-c3c[nH]c4ncc(Cl)nc34)n2)C1)N1CCCC1. The molecule has 2 atom stereocenters. The number of nitrogens with one attached hydrogen (secondary N) is 2. The number of nitrogens with zero attached hydrogens (tertiary/aromatic N) is 5. The molecule has 2 aliphatic rings. The van der Waals surface area contributed by atoms with E-state index in [1.165, 1.54) is 6.20 Å². The highest BCUT2D eigenvalue weighted by molar-refractivity contribution is 7.13. The van der Waals surface area contributed by atoms with Gasteiger partial charge in [0.1, 0.15) is 10.7 Å². The highest BCUT2D eigenvalue weighted by Gasteiger charge is 2.27. The Morgan fingerprint density at radius 1 is 1.19 bits per heavy atom. The summed E-state index contributed by atoms with van der Waals surface area (Å²) >= 11 is 7.80. The van der Waals surface area contributed by atoms with Crippen molar-refractivity contribution in [3.63, 3.8) is 0 Å². The summed E-state index contributed by atoms with van der Waals surface area (Å²) in [5, 5.41) is 5.69. The summed E-state index contributed by atoms with van der Waals surface area (Å²) < 4.78 is 0. The predicted molar refractivity (Wildman–Crippen MR) is 142 cm³/mol. The second-order valence-corrected chi connectivity index (χ2v) is 11.0. The van der Waals surface area contributed by atoms with Crippen LogP contribution in [0.3, 0.4) is 0 Å². The molecule has 2 amide bonds. The lowest BCUT2D eigenvalue weighted by atomic mass is 9.83. The van der Waals surface area contributed by atoms with Gasteiger partial charge in [0.25, 0.3) is 0 Å². The third-order valence-corrected chi connectivity index (χ3v) is 8.22. The fourth-order valence-electron chi connectivity index (χ4n) is 5.40. The fourth-order valence-corrected chi connectivity index (χ4v) is 6.22. The van der Waals surface area contributed by atoms with Crippen molar-refractivity contribution in [1.82, 2.24) is 35.1 Å². The van der Waals surface area contributed by atoms with E-state index in [4.69, 9.17) is 21.6 Å². The maximum Gasteiger partial charge on any atom is 0.317 e. The van der Waals surface area contributed by atoms with E-state index >= 15 is 0 Å². The highest BCUT2D eigenvalue weighted by Crippen LogP contribution is 2.32. The van der Waals surface area contributed by atoms with Crippen LogP contribution >= 0.6 is 22.9 Å². The third kappa shape index (κ3) is 4.95. The van der Waals surface area contributed by atoms with Gasteiger partial charge in [-0.3, -0.25) is 0 Å². The van der Waals surface area contributed by atoms with Crippen LogP contribution in [0.2, 0.25) is 5.15 Å². The Labute approximate surface area is 218 Å². The number of H-pyrrole nitrogens is 1. The quantitative estimate of drug-likeness (QED) is 0.350. The maximum absolute atomic E-state index is 12.6. The van der Waals surface area contributed by atoms with Crippen molar-refractivity contribution in [1.29, 1.82) is 0 Å². The predicted octanol–water partition coefficient (Wildman–Crippen LogP) is 5.70. The minimum Gasteiger partial charge on any atom is -0.344 e. The topological polar surface area (TPSA) is 99.7 Å². The number of carbonyl (C=O) groups excluding carboxylic acids is 1. The molecular weight excluding hydrogens is 494 g/mol. The van der Waals surface area contributed by atoms with Crippen molar-refractivity contribution in [3.8, 4) is 22.0 Å². The molecule has 8 nitrogen and oxygen atoms in total. The number of hydrogen-bond acceptors (Lipinski definition) is 6. The summed E-state index contributed by atoms with van der Waals surface area (Å²) in [6.07, 6.45) is 10.7. The second kappa shape index (κ2) is 10.1. The molecule has 1 aliphatic heterocycles. The van der Waals surface area contributed by atoms with E-state index in [1.807, 2.05) is 17.2 Å². The van der Waals surface area contributed by atoms with Crippen molar-refractivity contribution in [2.24, 2.45) is 5.92 Å². The first-order valence-electron chi connectivity index (χ1n) is 12.6. The first-order chi connectivity index (χ1) is 17.6. The van der Waals surface area contributed by atoms with Gasteiger partial charge in [0.05, 0.1) is 22.3 Å². The molecule has 10 heteroatoms. The van der Waals surface area contributed by atoms with Crippen LogP contribution in [0.4, 0.5) is 4.79 Å². The fraction of sp³-hybridized carbons (Fsp3) is 0.423. The Kier molecular flexibility index (Phi) is 6.58. The first-order valence-corrected chi connectivity index (χ1v) is 13.9. The van der Waals surface area contributed by atoms with Crippen LogP contribution in [0.15, 0.2) is 36.0 Å². The molecule has 0 bridgehead atoms. The Bertz CT molecular complexity index is 1370. The summed E-state index contributed by atoms with van der Waals surface area (Å²) in [6, 6.07) is 6.54. The number of urea groups is 1. The molecule has 2 fully saturated rings. The van der Waals surface area contributed by atoms with Gasteiger partial charge in [0.15, 0.2) is 11.5 Å². The van der Waals surface area contributed by atoms with Crippen LogP contribution in [0.25, 0.3) is 33.1 Å². The van der Waals surface area contributed by atoms with E-state index in [0.717, 1.165) is 79.9 Å². The van der Waals surface area contributed by atoms with Gasteiger partial charge in [-0.2, -0.15) is 0 Å². The van der Waals surface area contributed by atoms with Crippen LogP contribution in [0.5, 0.6) is 0 Å². The number of halogens is 1. The zero-order valence-corrected chi connectivity index (χ0v) is 21.5. The van der Waals surface area contributed by atoms with Gasteiger partial charge in [-0.05, 0) is 62.0 Å². The van der Waals surface area contributed by atoms with Crippen molar-refractivity contribution in [3.05, 3.63) is 46.8 Å². The van der Waals surface area contributed by atoms with Gasteiger partial charge >= 0.3 is 6.03 Å². The Balaban J connectivity index is 1.26. The molecule has 6 rings (SSSR count). The average molecular weight is 522 g/mol. The lowest BCUT2D eigenvalue weighted by Crippen LogP contribution is -2.45. The molecule has 2 unspecified atom stereocenters. The first kappa shape index (κ1) is 23.4. The number of aromatic nitrogens is 5. The van der Waals surface area contributed by atoms with Gasteiger partial charge in [-0.15, -0.1) is 11.3 Å². The molecule has 5 heterocycles. The Morgan fingerprint density at radius 3 is 2.92 bits per heavy atom. The largest absolute Gasteiger partial charge is 0.344 e. The summed E-state index contributed by atoms with van der Waals surface area (Å²) in [7, 11) is 0. The number of fused-ring (bicyclic) bond motifs is 1. The molecule has 0 aromatic carbocycles. The molecule has 36 heavy (non-hydrogen) atoms. The van der Waals surface area contributed by atoms with Crippen molar-refractivity contribution in [2.45, 2.75) is 51.0 Å². The van der Waals surface area contributed by atoms with Gasteiger partial charge < -0.3 is 15.2 Å². The number of carbonyl (C=O) groups is 1. The van der Waals surface area contributed by atoms with E-state index in [1.54, 1.807) is 11.3 Å². The van der Waals surface area contributed by atoms with Gasteiger partial charge in [-0.1, -0.05) is 24.1 Å². The highest BCUT2D eigenvalue weighted by atomic mass is 35.5. The molecule has 1 saturated carbocycles. The van der Waals surface area contributed by atoms with Crippen LogP contribution < -0.4 is 5.32 Å². The monoisotopic (exact) mass is 521 g/mol. The molecule has 0 radical (unpaired) electrons. The minimum atomic E-state index is 0.0987. The summed E-state index contributed by atoms with van der Waals surface area (Å²) in [4.78, 5) is 37.5. The number of rotatable bonds is 5. The second-order valence-electron chi connectivity index (χ2n) is 9.72. The lowest BCUT2D eigenvalue weighted by Gasteiger charge is -2.31. The molecule has 0 spiro atoms. The van der Waals surface area contributed by atoms with Gasteiger partial charge in [-0.25, -0.2) is 24.7 Å². The number of aromatic amines is 1. The average Bonchev–Trinajstić information content (AvgIpc) is 3.66. The van der Waals surface area contributed by atoms with Crippen molar-refractivity contribution < 1.29 is 4.79 Å². The van der Waals surface area contributed by atoms with Crippen molar-refractivity contribution >= 4 is 40.1 Å². The lowest BCUT2D eigenvalue weighted by molar-refractivity contribution is 0.195. The van der Waals surface area contributed by atoms with Gasteiger partial charge in [0, 0.05) is 31.0 Å². The van der Waals surface area contributed by atoms with E-state index in [2.05, 4.69) is 37.8 Å². The van der Waals surface area contributed by atoms with E-state index in [9.17, 15) is 4.79 Å². The van der Waals surface area contributed by atoms with E-state index in [0.29, 0.717) is 28.1 Å². The van der Waals surface area contributed by atoms with Gasteiger partial charge in [0.2, 0.25) is 0 Å². The number of amides is 2. The molecule has 186 valence electrons. The zero-order chi connectivity index (χ0) is 24.5. The zero-order valence-electron chi connectivity index (χ0n) is 19.9. The number of hydrogen-bond donors (Lipinski definition) is 2. The number of thiophene rings is 1. The van der Waals surface area contributed by atoms with Crippen LogP contribution in [-0.4, -0.2) is 55.0 Å². The minimum absolute atomic E-state index is 0.0987. The summed E-state index contributed by atoms with van der Waals surface area (Å²) in [5.74, 6) is 1.08. The summed E-state index contributed by atoms with van der Waals surface area (Å²) in [5.41, 5.74) is 4.02.